The Hall–Kier alpha value is -1.75. The molecular formula is C15H22N4O. The highest BCUT2D eigenvalue weighted by molar-refractivity contribution is 5.58. The van der Waals surface area contributed by atoms with Crippen molar-refractivity contribution in [2.45, 2.75) is 39.5 Å². The summed E-state index contributed by atoms with van der Waals surface area (Å²) in [5.41, 5.74) is 7.70. The predicted molar refractivity (Wildman–Crippen MR) is 78.1 cm³/mol. The quantitative estimate of drug-likeness (QED) is 0.839. The maximum Gasteiger partial charge on any atom is 0.226 e. The van der Waals surface area contributed by atoms with E-state index in [0.717, 1.165) is 43.4 Å². The molecule has 5 nitrogen and oxygen atoms in total. The lowest BCUT2D eigenvalue weighted by atomic mass is 10.0. The van der Waals surface area contributed by atoms with Crippen LogP contribution in [0.4, 0.5) is 0 Å². The van der Waals surface area contributed by atoms with Crippen molar-refractivity contribution >= 4 is 0 Å². The molecule has 0 aliphatic rings. The summed E-state index contributed by atoms with van der Waals surface area (Å²) in [7, 11) is 0. The van der Waals surface area contributed by atoms with Crippen molar-refractivity contribution in [2.75, 3.05) is 6.54 Å². The molecule has 0 aliphatic carbocycles. The van der Waals surface area contributed by atoms with Crippen LogP contribution in [0, 0.1) is 5.92 Å². The molecule has 5 heteroatoms. The van der Waals surface area contributed by atoms with E-state index < -0.39 is 0 Å². The molecule has 2 N–H and O–H groups in total. The minimum absolute atomic E-state index is 0.586. The van der Waals surface area contributed by atoms with Crippen molar-refractivity contribution in [1.82, 2.24) is 15.1 Å². The summed E-state index contributed by atoms with van der Waals surface area (Å²) < 4.78 is 5.33. The molecule has 1 atom stereocenters. The second kappa shape index (κ2) is 7.14. The van der Waals surface area contributed by atoms with Crippen LogP contribution in [0.1, 0.15) is 38.1 Å². The van der Waals surface area contributed by atoms with Crippen LogP contribution in [0.2, 0.25) is 0 Å². The first kappa shape index (κ1) is 14.7. The molecule has 0 bridgehead atoms. The van der Waals surface area contributed by atoms with Gasteiger partial charge in [0.1, 0.15) is 0 Å². The van der Waals surface area contributed by atoms with E-state index in [1.54, 1.807) is 6.20 Å². The van der Waals surface area contributed by atoms with Gasteiger partial charge in [-0.2, -0.15) is 4.98 Å². The van der Waals surface area contributed by atoms with Crippen LogP contribution in [0.5, 0.6) is 0 Å². The zero-order valence-corrected chi connectivity index (χ0v) is 12.2. The highest BCUT2D eigenvalue weighted by Crippen LogP contribution is 2.21. The normalized spacial score (nSPS) is 12.6. The third-order valence-electron chi connectivity index (χ3n) is 3.50. The molecular weight excluding hydrogens is 252 g/mol. The van der Waals surface area contributed by atoms with Crippen LogP contribution in [0.3, 0.4) is 0 Å². The lowest BCUT2D eigenvalue weighted by molar-refractivity contribution is 0.362. The Kier molecular flexibility index (Phi) is 5.24. The zero-order valence-electron chi connectivity index (χ0n) is 12.2. The predicted octanol–water partition coefficient (Wildman–Crippen LogP) is 2.61. The number of nitrogens with zero attached hydrogens (tertiary/aromatic N) is 3. The minimum Gasteiger partial charge on any atom is -0.339 e. The van der Waals surface area contributed by atoms with Gasteiger partial charge in [0, 0.05) is 24.4 Å². The van der Waals surface area contributed by atoms with Gasteiger partial charge in [-0.05, 0) is 43.4 Å². The summed E-state index contributed by atoms with van der Waals surface area (Å²) >= 11 is 0. The first-order valence-corrected chi connectivity index (χ1v) is 7.20. The van der Waals surface area contributed by atoms with Crippen LogP contribution < -0.4 is 5.73 Å². The van der Waals surface area contributed by atoms with E-state index in [-0.39, 0.29) is 0 Å². The van der Waals surface area contributed by atoms with Gasteiger partial charge < -0.3 is 10.3 Å². The molecule has 0 saturated carbocycles. The number of nitrogens with two attached hydrogens (primary N) is 1. The monoisotopic (exact) mass is 274 g/mol. The van der Waals surface area contributed by atoms with Crippen molar-refractivity contribution in [1.29, 1.82) is 0 Å². The number of hydrogen-bond donors (Lipinski definition) is 1. The van der Waals surface area contributed by atoms with Gasteiger partial charge in [0.25, 0.3) is 0 Å². The van der Waals surface area contributed by atoms with Gasteiger partial charge in [-0.15, -0.1) is 0 Å². The molecule has 2 aromatic rings. The van der Waals surface area contributed by atoms with E-state index in [2.05, 4.69) is 29.0 Å². The van der Waals surface area contributed by atoms with Crippen LogP contribution in [0.25, 0.3) is 11.4 Å². The number of rotatable bonds is 7. The van der Waals surface area contributed by atoms with Crippen molar-refractivity contribution < 1.29 is 4.52 Å². The van der Waals surface area contributed by atoms with E-state index >= 15 is 0 Å². The third kappa shape index (κ3) is 3.63. The number of aryl methyl sites for hydroxylation is 2. The van der Waals surface area contributed by atoms with Crippen molar-refractivity contribution in [3.05, 3.63) is 29.9 Å². The summed E-state index contributed by atoms with van der Waals surface area (Å²) in [6.07, 6.45) is 7.38. The fourth-order valence-corrected chi connectivity index (χ4v) is 2.19. The number of hydrogen-bond acceptors (Lipinski definition) is 5. The molecule has 0 amide bonds. The molecule has 2 aromatic heterocycles. The van der Waals surface area contributed by atoms with E-state index in [1.807, 2.05) is 12.3 Å². The molecule has 2 rings (SSSR count). The minimum atomic E-state index is 0.586. The largest absolute Gasteiger partial charge is 0.339 e. The highest BCUT2D eigenvalue weighted by atomic mass is 16.5. The maximum atomic E-state index is 5.55. The van der Waals surface area contributed by atoms with Gasteiger partial charge >= 0.3 is 0 Å². The molecule has 0 aliphatic heterocycles. The Balaban J connectivity index is 2.05. The Morgan fingerprint density at radius 2 is 2.20 bits per heavy atom. The van der Waals surface area contributed by atoms with E-state index in [4.69, 9.17) is 10.3 Å². The number of aromatic nitrogens is 3. The van der Waals surface area contributed by atoms with Gasteiger partial charge in [0.15, 0.2) is 0 Å². The molecule has 0 saturated heterocycles. The van der Waals surface area contributed by atoms with Crippen LogP contribution in [-0.2, 0) is 12.8 Å². The second-order valence-corrected chi connectivity index (χ2v) is 5.12. The van der Waals surface area contributed by atoms with Crippen LogP contribution in [0.15, 0.2) is 23.0 Å². The number of pyridine rings is 1. The second-order valence-electron chi connectivity index (χ2n) is 5.12. The summed E-state index contributed by atoms with van der Waals surface area (Å²) in [5.74, 6) is 1.94. The summed E-state index contributed by atoms with van der Waals surface area (Å²) in [6.45, 7) is 5.02. The average molecular weight is 274 g/mol. The zero-order chi connectivity index (χ0) is 14.4. The summed E-state index contributed by atoms with van der Waals surface area (Å²) in [4.78, 5) is 8.61. The van der Waals surface area contributed by atoms with Crippen molar-refractivity contribution in [3.8, 4) is 11.4 Å². The Morgan fingerprint density at radius 3 is 2.95 bits per heavy atom. The van der Waals surface area contributed by atoms with E-state index in [0.29, 0.717) is 17.6 Å². The van der Waals surface area contributed by atoms with Gasteiger partial charge in [-0.3, -0.25) is 4.98 Å². The average Bonchev–Trinajstić information content (AvgIpc) is 2.94. The van der Waals surface area contributed by atoms with Gasteiger partial charge in [0.2, 0.25) is 11.7 Å². The molecule has 0 fully saturated rings. The first-order chi connectivity index (χ1) is 9.74. The fourth-order valence-electron chi connectivity index (χ4n) is 2.19. The first-order valence-electron chi connectivity index (χ1n) is 7.20. The molecule has 0 radical (unpaired) electrons. The third-order valence-corrected chi connectivity index (χ3v) is 3.50. The van der Waals surface area contributed by atoms with Gasteiger partial charge in [-0.25, -0.2) is 0 Å². The Bertz CT molecular complexity index is 538. The van der Waals surface area contributed by atoms with Gasteiger partial charge in [-0.1, -0.05) is 19.0 Å². The topological polar surface area (TPSA) is 77.8 Å². The SMILES string of the molecule is CCc1cnccc1-c1noc(CCC(C)CCN)n1. The molecule has 0 spiro atoms. The van der Waals surface area contributed by atoms with Crippen LogP contribution in [-0.4, -0.2) is 21.7 Å². The van der Waals surface area contributed by atoms with Crippen LogP contribution >= 0.6 is 0 Å². The van der Waals surface area contributed by atoms with Crippen molar-refractivity contribution in [3.63, 3.8) is 0 Å². The lowest BCUT2D eigenvalue weighted by Crippen LogP contribution is -2.06. The molecule has 0 aromatic carbocycles. The van der Waals surface area contributed by atoms with E-state index in [9.17, 15) is 0 Å². The van der Waals surface area contributed by atoms with Gasteiger partial charge in [0.05, 0.1) is 0 Å². The smallest absolute Gasteiger partial charge is 0.226 e. The Morgan fingerprint density at radius 1 is 1.35 bits per heavy atom. The summed E-state index contributed by atoms with van der Waals surface area (Å²) in [5, 5.41) is 4.08. The van der Waals surface area contributed by atoms with Crippen molar-refractivity contribution in [2.24, 2.45) is 11.7 Å². The van der Waals surface area contributed by atoms with E-state index in [1.165, 1.54) is 0 Å². The molecule has 1 unspecified atom stereocenters. The fraction of sp³-hybridized carbons (Fsp3) is 0.533. The summed E-state index contributed by atoms with van der Waals surface area (Å²) in [6, 6.07) is 1.94. The molecule has 108 valence electrons. The highest BCUT2D eigenvalue weighted by Gasteiger charge is 2.12. The molecule has 2 heterocycles. The maximum absolute atomic E-state index is 5.55. The standard InChI is InChI=1S/C15H22N4O/c1-3-12-10-17-9-7-13(12)15-18-14(20-19-15)5-4-11(2)6-8-16/h7,9-11H,3-6,8,16H2,1-2H3. The lowest BCUT2D eigenvalue weighted by Gasteiger charge is -2.06. The Labute approximate surface area is 119 Å². The molecule has 20 heavy (non-hydrogen) atoms.